The summed E-state index contributed by atoms with van der Waals surface area (Å²) in [7, 11) is -3.49. The zero-order chi connectivity index (χ0) is 18.6. The topological polar surface area (TPSA) is 92.5 Å². The van der Waals surface area contributed by atoms with E-state index in [0.29, 0.717) is 37.4 Å². The number of sulfonamides is 1. The highest BCUT2D eigenvalue weighted by atomic mass is 32.2. The molecule has 0 aromatic heterocycles. The van der Waals surface area contributed by atoms with Crippen molar-refractivity contribution in [3.05, 3.63) is 60.2 Å². The predicted octanol–water partition coefficient (Wildman–Crippen LogP) is 2.18. The summed E-state index contributed by atoms with van der Waals surface area (Å²) in [5, 5.41) is 2.90. The van der Waals surface area contributed by atoms with Gasteiger partial charge in [0.1, 0.15) is 0 Å². The smallest absolute Gasteiger partial charge is 0.243 e. The van der Waals surface area contributed by atoms with E-state index in [9.17, 15) is 13.2 Å². The Bertz CT molecular complexity index is 843. The number of hydrogen-bond acceptors (Lipinski definition) is 4. The quantitative estimate of drug-likeness (QED) is 0.840. The second-order valence-electron chi connectivity index (χ2n) is 6.38. The highest BCUT2D eigenvalue weighted by Crippen LogP contribution is 2.24. The van der Waals surface area contributed by atoms with Gasteiger partial charge in [0.15, 0.2) is 0 Å². The lowest BCUT2D eigenvalue weighted by molar-refractivity contribution is -0.120. The van der Waals surface area contributed by atoms with Crippen molar-refractivity contribution in [1.82, 2.24) is 4.31 Å². The van der Waals surface area contributed by atoms with E-state index >= 15 is 0 Å². The maximum atomic E-state index is 12.6. The predicted molar refractivity (Wildman–Crippen MR) is 101 cm³/mol. The van der Waals surface area contributed by atoms with Gasteiger partial charge < -0.3 is 11.1 Å². The van der Waals surface area contributed by atoms with Crippen LogP contribution in [0.3, 0.4) is 0 Å². The number of nitrogens with zero attached hydrogens (tertiary/aromatic N) is 1. The lowest BCUT2D eigenvalue weighted by Crippen LogP contribution is -2.41. The summed E-state index contributed by atoms with van der Waals surface area (Å²) in [4.78, 5) is 12.7. The molecule has 1 saturated heterocycles. The first-order chi connectivity index (χ1) is 12.5. The van der Waals surface area contributed by atoms with Crippen LogP contribution in [0.25, 0.3) is 0 Å². The molecule has 3 rings (SSSR count). The molecule has 0 spiro atoms. The first-order valence-corrected chi connectivity index (χ1v) is 10.1. The lowest BCUT2D eigenvalue weighted by Gasteiger charge is -2.30. The number of benzene rings is 2. The molecule has 6 nitrogen and oxygen atoms in total. The van der Waals surface area contributed by atoms with E-state index in [1.807, 2.05) is 24.3 Å². The third-order valence-corrected chi connectivity index (χ3v) is 6.58. The summed E-state index contributed by atoms with van der Waals surface area (Å²) in [6.45, 7) is 1.16. The fourth-order valence-electron chi connectivity index (χ4n) is 3.07. The number of nitrogens with two attached hydrogens (primary N) is 1. The van der Waals surface area contributed by atoms with Crippen molar-refractivity contribution in [3.8, 4) is 0 Å². The van der Waals surface area contributed by atoms with Gasteiger partial charge in [0.25, 0.3) is 0 Å². The Hall–Kier alpha value is -2.22. The minimum atomic E-state index is -3.49. The molecular weight excluding hydrogens is 350 g/mol. The van der Waals surface area contributed by atoms with E-state index in [2.05, 4.69) is 5.32 Å². The molecule has 2 aromatic rings. The summed E-state index contributed by atoms with van der Waals surface area (Å²) in [6, 6.07) is 15.8. The first-order valence-electron chi connectivity index (χ1n) is 8.66. The lowest BCUT2D eigenvalue weighted by atomic mass is 9.97. The second kappa shape index (κ2) is 7.99. The number of amides is 1. The van der Waals surface area contributed by atoms with Crippen LogP contribution >= 0.6 is 0 Å². The van der Waals surface area contributed by atoms with Crippen molar-refractivity contribution in [1.29, 1.82) is 0 Å². The van der Waals surface area contributed by atoms with Gasteiger partial charge in [-0.3, -0.25) is 4.79 Å². The molecule has 0 bridgehead atoms. The Morgan fingerprint density at radius 3 is 2.23 bits per heavy atom. The minimum absolute atomic E-state index is 0.0674. The standard InChI is InChI=1S/C19H23N3O3S/c20-14-15-6-8-17(9-7-15)21-19(23)16-10-12-22(13-11-16)26(24,25)18-4-2-1-3-5-18/h1-9,16H,10-14,20H2,(H,21,23). The van der Waals surface area contributed by atoms with Gasteiger partial charge in [-0.1, -0.05) is 30.3 Å². The number of carbonyl (C=O) groups is 1. The van der Waals surface area contributed by atoms with Crippen LogP contribution in [0.15, 0.2) is 59.5 Å². The zero-order valence-corrected chi connectivity index (χ0v) is 15.3. The van der Waals surface area contributed by atoms with Gasteiger partial charge in [-0.25, -0.2) is 8.42 Å². The highest BCUT2D eigenvalue weighted by Gasteiger charge is 2.31. The van der Waals surface area contributed by atoms with Gasteiger partial charge in [0, 0.05) is 31.2 Å². The van der Waals surface area contributed by atoms with Crippen molar-refractivity contribution in [2.45, 2.75) is 24.3 Å². The van der Waals surface area contributed by atoms with Crippen molar-refractivity contribution < 1.29 is 13.2 Å². The molecule has 1 amide bonds. The van der Waals surface area contributed by atoms with Crippen molar-refractivity contribution in [2.24, 2.45) is 11.7 Å². The summed E-state index contributed by atoms with van der Waals surface area (Å²) >= 11 is 0. The fraction of sp³-hybridized carbons (Fsp3) is 0.316. The van der Waals surface area contributed by atoms with E-state index in [-0.39, 0.29) is 11.8 Å². The largest absolute Gasteiger partial charge is 0.326 e. The molecule has 0 radical (unpaired) electrons. The van der Waals surface area contributed by atoms with Crippen molar-refractivity contribution in [3.63, 3.8) is 0 Å². The van der Waals surface area contributed by atoms with Gasteiger partial charge in [-0.2, -0.15) is 4.31 Å². The van der Waals surface area contributed by atoms with Crippen LogP contribution in [-0.4, -0.2) is 31.7 Å². The molecule has 2 aromatic carbocycles. The van der Waals surface area contributed by atoms with Crippen LogP contribution in [-0.2, 0) is 21.4 Å². The number of piperidine rings is 1. The maximum absolute atomic E-state index is 12.6. The van der Waals surface area contributed by atoms with Crippen LogP contribution in [0.2, 0.25) is 0 Å². The normalized spacial score (nSPS) is 16.3. The molecule has 3 N–H and O–H groups in total. The number of rotatable bonds is 5. The Morgan fingerprint density at radius 1 is 1.04 bits per heavy atom. The van der Waals surface area contributed by atoms with E-state index in [1.54, 1.807) is 30.3 Å². The molecule has 26 heavy (non-hydrogen) atoms. The highest BCUT2D eigenvalue weighted by molar-refractivity contribution is 7.89. The van der Waals surface area contributed by atoms with E-state index < -0.39 is 10.0 Å². The Kier molecular flexibility index (Phi) is 5.70. The molecule has 7 heteroatoms. The molecule has 1 aliphatic rings. The minimum Gasteiger partial charge on any atom is -0.326 e. The molecule has 0 unspecified atom stereocenters. The Balaban J connectivity index is 1.58. The Labute approximate surface area is 154 Å². The third kappa shape index (κ3) is 4.12. The number of nitrogens with one attached hydrogen (secondary N) is 1. The SMILES string of the molecule is NCc1ccc(NC(=O)C2CCN(S(=O)(=O)c3ccccc3)CC2)cc1. The van der Waals surface area contributed by atoms with Crippen molar-refractivity contribution >= 4 is 21.6 Å². The zero-order valence-electron chi connectivity index (χ0n) is 14.5. The molecule has 0 aliphatic carbocycles. The molecular formula is C19H23N3O3S. The molecule has 138 valence electrons. The van der Waals surface area contributed by atoms with Crippen LogP contribution in [0.1, 0.15) is 18.4 Å². The third-order valence-electron chi connectivity index (χ3n) is 4.66. The van der Waals surface area contributed by atoms with E-state index in [1.165, 1.54) is 4.31 Å². The molecule has 1 aliphatic heterocycles. The summed E-state index contributed by atoms with van der Waals surface area (Å²) < 4.78 is 26.7. The summed E-state index contributed by atoms with van der Waals surface area (Å²) in [5.41, 5.74) is 7.30. The Morgan fingerprint density at radius 2 is 1.65 bits per heavy atom. The van der Waals surface area contributed by atoms with Gasteiger partial charge in [-0.15, -0.1) is 0 Å². The molecule has 1 fully saturated rings. The van der Waals surface area contributed by atoms with Gasteiger partial charge in [-0.05, 0) is 42.7 Å². The average Bonchev–Trinajstić information content (AvgIpc) is 2.69. The van der Waals surface area contributed by atoms with Crippen molar-refractivity contribution in [2.75, 3.05) is 18.4 Å². The summed E-state index contributed by atoms with van der Waals surface area (Å²) in [6.07, 6.45) is 1.03. The monoisotopic (exact) mass is 373 g/mol. The number of carbonyl (C=O) groups excluding carboxylic acids is 1. The molecule has 0 atom stereocenters. The van der Waals surface area contributed by atoms with Gasteiger partial charge >= 0.3 is 0 Å². The number of anilines is 1. The summed E-state index contributed by atoms with van der Waals surface area (Å²) in [5.74, 6) is -0.256. The van der Waals surface area contributed by atoms with Crippen LogP contribution < -0.4 is 11.1 Å². The van der Waals surface area contributed by atoms with Crippen LogP contribution in [0.4, 0.5) is 5.69 Å². The maximum Gasteiger partial charge on any atom is 0.243 e. The van der Waals surface area contributed by atoms with Gasteiger partial charge in [0.05, 0.1) is 4.90 Å². The van der Waals surface area contributed by atoms with Crippen LogP contribution in [0, 0.1) is 5.92 Å². The first kappa shape index (κ1) is 18.6. The van der Waals surface area contributed by atoms with E-state index in [4.69, 9.17) is 5.73 Å². The number of hydrogen-bond donors (Lipinski definition) is 2. The molecule has 0 saturated carbocycles. The van der Waals surface area contributed by atoms with E-state index in [0.717, 1.165) is 11.3 Å². The van der Waals surface area contributed by atoms with Gasteiger partial charge in [0.2, 0.25) is 15.9 Å². The van der Waals surface area contributed by atoms with Crippen LogP contribution in [0.5, 0.6) is 0 Å². The average molecular weight is 373 g/mol. The molecule has 1 heterocycles. The fourth-order valence-corrected chi connectivity index (χ4v) is 4.56. The second-order valence-corrected chi connectivity index (χ2v) is 8.32.